The summed E-state index contributed by atoms with van der Waals surface area (Å²) in [5.74, 6) is 0.581. The van der Waals surface area contributed by atoms with E-state index < -0.39 is 10.8 Å². The van der Waals surface area contributed by atoms with Gasteiger partial charge in [0.05, 0.1) is 37.2 Å². The van der Waals surface area contributed by atoms with Crippen LogP contribution < -0.4 is 14.9 Å². The van der Waals surface area contributed by atoms with Gasteiger partial charge in [-0.2, -0.15) is 10.2 Å². The third kappa shape index (κ3) is 4.38. The number of non-ortho nitro benzene ring substituents is 1. The maximum absolute atomic E-state index is 12.2. The predicted octanol–water partition coefficient (Wildman–Crippen LogP) is 2.77. The SMILES string of the molecule is COc1ccc(-c2[nH]ncc2/C=N/NC(=O)c2cccc([N+](=O)[O-])c2)cc1OC. The number of hydrazone groups is 1. The molecular formula is C19H17N5O5. The third-order valence-corrected chi connectivity index (χ3v) is 4.03. The molecule has 0 bridgehead atoms. The first-order valence-electron chi connectivity index (χ1n) is 8.37. The average molecular weight is 395 g/mol. The van der Waals surface area contributed by atoms with Crippen molar-refractivity contribution in [2.45, 2.75) is 0 Å². The van der Waals surface area contributed by atoms with Crippen LogP contribution in [0.2, 0.25) is 0 Å². The number of aromatic amines is 1. The summed E-state index contributed by atoms with van der Waals surface area (Å²) in [7, 11) is 3.09. The monoisotopic (exact) mass is 395 g/mol. The van der Waals surface area contributed by atoms with Crippen molar-refractivity contribution < 1.29 is 19.2 Å². The molecule has 0 aliphatic rings. The summed E-state index contributed by atoms with van der Waals surface area (Å²) in [6.45, 7) is 0. The molecule has 2 aromatic carbocycles. The van der Waals surface area contributed by atoms with Crippen LogP contribution in [0.3, 0.4) is 0 Å². The first-order chi connectivity index (χ1) is 14.0. The highest BCUT2D eigenvalue weighted by Gasteiger charge is 2.12. The Hall–Kier alpha value is -4.21. The molecule has 0 aliphatic carbocycles. The lowest BCUT2D eigenvalue weighted by Crippen LogP contribution is -2.17. The van der Waals surface area contributed by atoms with Gasteiger partial charge in [0.15, 0.2) is 11.5 Å². The molecule has 0 atom stereocenters. The number of nitrogens with zero attached hydrogens (tertiary/aromatic N) is 3. The second-order valence-electron chi connectivity index (χ2n) is 5.78. The van der Waals surface area contributed by atoms with Crippen LogP contribution in [0, 0.1) is 10.1 Å². The maximum atomic E-state index is 12.2. The van der Waals surface area contributed by atoms with Gasteiger partial charge in [-0.3, -0.25) is 20.0 Å². The molecular weight excluding hydrogens is 378 g/mol. The van der Waals surface area contributed by atoms with Gasteiger partial charge in [-0.1, -0.05) is 6.07 Å². The highest BCUT2D eigenvalue weighted by molar-refractivity contribution is 5.96. The van der Waals surface area contributed by atoms with Crippen LogP contribution in [0.1, 0.15) is 15.9 Å². The van der Waals surface area contributed by atoms with Crippen LogP contribution in [0.5, 0.6) is 11.5 Å². The van der Waals surface area contributed by atoms with Gasteiger partial charge in [0.25, 0.3) is 11.6 Å². The van der Waals surface area contributed by atoms with Crippen LogP contribution in [0.4, 0.5) is 5.69 Å². The van der Waals surface area contributed by atoms with E-state index in [1.165, 1.54) is 30.5 Å². The van der Waals surface area contributed by atoms with Gasteiger partial charge >= 0.3 is 0 Å². The summed E-state index contributed by atoms with van der Waals surface area (Å²) in [5, 5.41) is 21.6. The zero-order valence-corrected chi connectivity index (χ0v) is 15.6. The normalized spacial score (nSPS) is 10.7. The second-order valence-corrected chi connectivity index (χ2v) is 5.78. The van der Waals surface area contributed by atoms with Gasteiger partial charge < -0.3 is 9.47 Å². The van der Waals surface area contributed by atoms with Crippen molar-refractivity contribution in [1.29, 1.82) is 0 Å². The molecule has 3 aromatic rings. The number of methoxy groups -OCH3 is 2. The largest absolute Gasteiger partial charge is 0.493 e. The zero-order valence-electron chi connectivity index (χ0n) is 15.6. The lowest BCUT2D eigenvalue weighted by atomic mass is 10.1. The molecule has 1 amide bonds. The Morgan fingerprint density at radius 1 is 1.21 bits per heavy atom. The molecule has 148 valence electrons. The third-order valence-electron chi connectivity index (χ3n) is 4.03. The molecule has 10 heteroatoms. The van der Waals surface area contributed by atoms with Crippen LogP contribution >= 0.6 is 0 Å². The van der Waals surface area contributed by atoms with Gasteiger partial charge in [-0.15, -0.1) is 0 Å². The van der Waals surface area contributed by atoms with E-state index in [4.69, 9.17) is 9.47 Å². The number of ether oxygens (including phenoxy) is 2. The number of carbonyl (C=O) groups excluding carboxylic acids is 1. The van der Waals surface area contributed by atoms with Crippen LogP contribution in [0.15, 0.2) is 53.8 Å². The molecule has 0 saturated heterocycles. The Bertz CT molecular complexity index is 1080. The van der Waals surface area contributed by atoms with Crippen molar-refractivity contribution in [3.8, 4) is 22.8 Å². The van der Waals surface area contributed by atoms with Crippen molar-refractivity contribution in [2.24, 2.45) is 5.10 Å². The molecule has 0 saturated carbocycles. The zero-order chi connectivity index (χ0) is 20.8. The number of H-pyrrole nitrogens is 1. The summed E-state index contributed by atoms with van der Waals surface area (Å²) < 4.78 is 10.5. The summed E-state index contributed by atoms with van der Waals surface area (Å²) >= 11 is 0. The average Bonchev–Trinajstić information content (AvgIpc) is 3.21. The van der Waals surface area contributed by atoms with Gasteiger partial charge in [-0.25, -0.2) is 5.43 Å². The Morgan fingerprint density at radius 2 is 2.00 bits per heavy atom. The molecule has 0 unspecified atom stereocenters. The van der Waals surface area contributed by atoms with E-state index in [2.05, 4.69) is 20.7 Å². The summed E-state index contributed by atoms with van der Waals surface area (Å²) in [6.07, 6.45) is 2.97. The number of aromatic nitrogens is 2. The number of hydrogen-bond acceptors (Lipinski definition) is 7. The van der Waals surface area contributed by atoms with E-state index in [1.807, 2.05) is 6.07 Å². The molecule has 3 rings (SSSR count). The number of carbonyl (C=O) groups is 1. The second kappa shape index (κ2) is 8.65. The first kappa shape index (κ1) is 19.5. The molecule has 0 spiro atoms. The van der Waals surface area contributed by atoms with Crippen molar-refractivity contribution >= 4 is 17.8 Å². The van der Waals surface area contributed by atoms with Gasteiger partial charge in [0.2, 0.25) is 0 Å². The summed E-state index contributed by atoms with van der Waals surface area (Å²) in [6, 6.07) is 10.8. The predicted molar refractivity (Wildman–Crippen MR) is 105 cm³/mol. The Balaban J connectivity index is 1.76. The van der Waals surface area contributed by atoms with E-state index in [0.717, 1.165) is 5.56 Å². The fourth-order valence-corrected chi connectivity index (χ4v) is 2.60. The molecule has 2 N–H and O–H groups in total. The smallest absolute Gasteiger partial charge is 0.271 e. The highest BCUT2D eigenvalue weighted by atomic mass is 16.6. The molecule has 10 nitrogen and oxygen atoms in total. The molecule has 1 aromatic heterocycles. The minimum atomic E-state index is -0.569. The number of benzene rings is 2. The van der Waals surface area contributed by atoms with Gasteiger partial charge in [0.1, 0.15) is 0 Å². The quantitative estimate of drug-likeness (QED) is 0.359. The van der Waals surface area contributed by atoms with Crippen molar-refractivity contribution in [1.82, 2.24) is 15.6 Å². The van der Waals surface area contributed by atoms with E-state index in [1.54, 1.807) is 32.5 Å². The lowest BCUT2D eigenvalue weighted by Gasteiger charge is -2.09. The van der Waals surface area contributed by atoms with Crippen LogP contribution in [-0.4, -0.2) is 41.5 Å². The van der Waals surface area contributed by atoms with Crippen molar-refractivity contribution in [2.75, 3.05) is 14.2 Å². The number of amides is 1. The minimum Gasteiger partial charge on any atom is -0.493 e. The first-order valence-corrected chi connectivity index (χ1v) is 8.37. The van der Waals surface area contributed by atoms with E-state index in [-0.39, 0.29) is 11.3 Å². The molecule has 29 heavy (non-hydrogen) atoms. The maximum Gasteiger partial charge on any atom is 0.271 e. The highest BCUT2D eigenvalue weighted by Crippen LogP contribution is 2.32. The Kier molecular flexibility index (Phi) is 5.83. The van der Waals surface area contributed by atoms with E-state index in [9.17, 15) is 14.9 Å². The molecule has 1 heterocycles. The summed E-state index contributed by atoms with van der Waals surface area (Å²) in [5.41, 5.74) is 4.37. The molecule has 0 fully saturated rings. The minimum absolute atomic E-state index is 0.128. The Morgan fingerprint density at radius 3 is 2.72 bits per heavy atom. The van der Waals surface area contributed by atoms with Crippen molar-refractivity contribution in [3.05, 3.63) is 69.9 Å². The van der Waals surface area contributed by atoms with Crippen molar-refractivity contribution in [3.63, 3.8) is 0 Å². The standard InChI is InChI=1S/C19H17N5O5/c1-28-16-7-6-12(9-17(16)29-2)18-14(10-20-22-18)11-21-23-19(25)13-4-3-5-15(8-13)24(26)27/h3-11H,1-2H3,(H,20,22)(H,23,25)/b21-11+. The summed E-state index contributed by atoms with van der Waals surface area (Å²) in [4.78, 5) is 22.4. The fraction of sp³-hybridized carbons (Fsp3) is 0.105. The lowest BCUT2D eigenvalue weighted by molar-refractivity contribution is -0.384. The molecule has 0 aliphatic heterocycles. The number of rotatable bonds is 7. The number of nitrogens with one attached hydrogen (secondary N) is 2. The number of nitro benzene ring substituents is 1. The van der Waals surface area contributed by atoms with Crippen LogP contribution in [-0.2, 0) is 0 Å². The molecule has 0 radical (unpaired) electrons. The fourth-order valence-electron chi connectivity index (χ4n) is 2.60. The van der Waals surface area contributed by atoms with Gasteiger partial charge in [-0.05, 0) is 24.3 Å². The Labute approximate surface area is 165 Å². The topological polar surface area (TPSA) is 132 Å². The van der Waals surface area contributed by atoms with E-state index >= 15 is 0 Å². The number of nitro groups is 1. The van der Waals surface area contributed by atoms with Crippen LogP contribution in [0.25, 0.3) is 11.3 Å². The number of hydrogen-bond donors (Lipinski definition) is 2. The van der Waals surface area contributed by atoms with E-state index in [0.29, 0.717) is 22.8 Å². The van der Waals surface area contributed by atoms with Gasteiger partial charge in [0, 0.05) is 28.8 Å².